The van der Waals surface area contributed by atoms with Crippen LogP contribution >= 0.6 is 7.94 Å². The molecule has 4 aromatic rings. The van der Waals surface area contributed by atoms with Gasteiger partial charge in [0, 0.05) is 0 Å². The first kappa shape index (κ1) is 39.5. The van der Waals surface area contributed by atoms with Crippen molar-refractivity contribution in [3.8, 4) is 0 Å². The summed E-state index contributed by atoms with van der Waals surface area (Å²) in [6.07, 6.45) is 0. The summed E-state index contributed by atoms with van der Waals surface area (Å²) in [5, 5.41) is 4.47. The Morgan fingerprint density at radius 1 is 0.367 bits per heavy atom. The quantitative estimate of drug-likeness (QED) is 0.188. The second-order valence-electron chi connectivity index (χ2n) is 21.0. The van der Waals surface area contributed by atoms with Gasteiger partial charge in [0.25, 0.3) is 0 Å². The van der Waals surface area contributed by atoms with Crippen LogP contribution in [0, 0.1) is 0 Å². The van der Waals surface area contributed by atoms with Gasteiger partial charge in [-0.15, -0.1) is 0 Å². The first-order valence-electron chi connectivity index (χ1n) is 18.2. The number of rotatable bonds is 3. The molecular formula is C45H67O3P. The molecule has 49 heavy (non-hydrogen) atoms. The summed E-state index contributed by atoms with van der Waals surface area (Å²) in [7, 11) is -4.87. The Morgan fingerprint density at radius 2 is 0.653 bits per heavy atom. The third kappa shape index (κ3) is 8.12. The number of hydrogen-bond acceptors (Lipinski definition) is 3. The number of fused-ring (bicyclic) bond motifs is 2. The van der Waals surface area contributed by atoms with Gasteiger partial charge in [0.05, 0.1) is 0 Å². The van der Waals surface area contributed by atoms with Gasteiger partial charge in [0.2, 0.25) is 0 Å². The SMILES string of the molecule is CC(C)(C)c1cc(C(C)(C)C)c2cc(C(c3cc4c(C(C)(C)C)cc(C(C)(C)C)cc4cc3C(C)(C)C)[PH](O)(O)O)c(C(C)(C)C)cc2c1. The van der Waals surface area contributed by atoms with Crippen molar-refractivity contribution in [2.75, 3.05) is 0 Å². The third-order valence-electron chi connectivity index (χ3n) is 10.2. The fourth-order valence-corrected chi connectivity index (χ4v) is 8.64. The molecule has 270 valence electrons. The molecule has 0 aliphatic heterocycles. The van der Waals surface area contributed by atoms with Crippen molar-refractivity contribution in [1.82, 2.24) is 0 Å². The van der Waals surface area contributed by atoms with Gasteiger partial charge in [-0.3, -0.25) is 0 Å². The number of benzene rings is 4. The van der Waals surface area contributed by atoms with E-state index >= 15 is 0 Å². The van der Waals surface area contributed by atoms with Crippen LogP contribution in [-0.2, 0) is 32.5 Å². The van der Waals surface area contributed by atoms with Gasteiger partial charge in [-0.25, -0.2) is 0 Å². The van der Waals surface area contributed by atoms with Crippen molar-refractivity contribution in [3.63, 3.8) is 0 Å². The van der Waals surface area contributed by atoms with Gasteiger partial charge in [-0.05, 0) is 0 Å². The monoisotopic (exact) mass is 686 g/mol. The average Bonchev–Trinajstić information content (AvgIpc) is 2.87. The summed E-state index contributed by atoms with van der Waals surface area (Å²) >= 11 is 0. The van der Waals surface area contributed by atoms with Crippen LogP contribution in [0.1, 0.15) is 175 Å². The van der Waals surface area contributed by atoms with Crippen molar-refractivity contribution in [2.24, 2.45) is 0 Å². The molecule has 0 saturated carbocycles. The molecule has 0 unspecified atom stereocenters. The molecule has 0 aliphatic carbocycles. The van der Waals surface area contributed by atoms with E-state index < -0.39 is 13.6 Å². The molecule has 0 atom stereocenters. The minimum atomic E-state index is -4.87. The van der Waals surface area contributed by atoms with Crippen LogP contribution in [0.5, 0.6) is 0 Å². The van der Waals surface area contributed by atoms with E-state index in [4.69, 9.17) is 0 Å². The van der Waals surface area contributed by atoms with Gasteiger partial charge in [-0.1, -0.05) is 0 Å². The zero-order valence-corrected chi connectivity index (χ0v) is 35.0. The van der Waals surface area contributed by atoms with Gasteiger partial charge < -0.3 is 0 Å². The van der Waals surface area contributed by atoms with E-state index in [1.54, 1.807) is 0 Å². The minimum absolute atomic E-state index is 0.0367. The van der Waals surface area contributed by atoms with Crippen LogP contribution in [-0.4, -0.2) is 14.7 Å². The Kier molecular flexibility index (Phi) is 9.80. The van der Waals surface area contributed by atoms with Gasteiger partial charge >= 0.3 is 300 Å². The van der Waals surface area contributed by atoms with Crippen molar-refractivity contribution < 1.29 is 14.7 Å². The van der Waals surface area contributed by atoms with Crippen molar-refractivity contribution in [3.05, 3.63) is 93.0 Å². The Morgan fingerprint density at radius 3 is 0.878 bits per heavy atom. The molecule has 0 radical (unpaired) electrons. The van der Waals surface area contributed by atoms with Crippen LogP contribution in [0.25, 0.3) is 21.5 Å². The van der Waals surface area contributed by atoms with Gasteiger partial charge in [0.1, 0.15) is 0 Å². The summed E-state index contributed by atoms with van der Waals surface area (Å²) in [5.74, 6) is 0. The van der Waals surface area contributed by atoms with Gasteiger partial charge in [-0.2, -0.15) is 0 Å². The van der Waals surface area contributed by atoms with E-state index in [1.165, 1.54) is 22.3 Å². The standard InChI is InChI=1S/C45H67O3P/c1-40(2,3)29-19-27-21-35(42(7,8)9)33(25-31(27)37(23-29)44(13,14)15)39(49(46,47)48)34-26-32-28(22-36(34)43(10,11)12)20-30(41(4,5)6)24-38(32)45(16,17)18/h19-26,39,46-49H,1-18H3. The maximum absolute atomic E-state index is 11.7. The third-order valence-corrected chi connectivity index (χ3v) is 11.6. The summed E-state index contributed by atoms with van der Waals surface area (Å²) in [6.45, 7) is 40.1. The molecule has 0 heterocycles. The first-order chi connectivity index (χ1) is 21.7. The fourth-order valence-electron chi connectivity index (χ4n) is 7.33. The summed E-state index contributed by atoms with van der Waals surface area (Å²) in [6, 6.07) is 18.2. The van der Waals surface area contributed by atoms with E-state index in [1.807, 2.05) is 0 Å². The molecule has 3 N–H and O–H groups in total. The molecule has 0 aromatic heterocycles. The average molecular weight is 687 g/mol. The molecule has 0 amide bonds. The second kappa shape index (κ2) is 12.2. The molecule has 0 bridgehead atoms. The Bertz CT molecular complexity index is 1750. The van der Waals surface area contributed by atoms with E-state index in [-0.39, 0.29) is 32.5 Å². The molecule has 0 spiro atoms. The number of hydrogen-bond donors (Lipinski definition) is 3. The zero-order chi connectivity index (χ0) is 37.7. The van der Waals surface area contributed by atoms with Crippen LogP contribution in [0.3, 0.4) is 0 Å². The summed E-state index contributed by atoms with van der Waals surface area (Å²) < 4.78 is 0. The molecule has 4 rings (SSSR count). The van der Waals surface area contributed by atoms with Crippen molar-refractivity contribution >= 4 is 29.5 Å². The van der Waals surface area contributed by atoms with Gasteiger partial charge in [0.15, 0.2) is 0 Å². The normalized spacial score (nSPS) is 14.7. The Hall–Kier alpha value is -2.29. The maximum atomic E-state index is 11.7. The second-order valence-corrected chi connectivity index (χ2v) is 22.9. The molecule has 3 nitrogen and oxygen atoms in total. The zero-order valence-electron chi connectivity index (χ0n) is 34.0. The predicted octanol–water partition coefficient (Wildman–Crippen LogP) is 12.3. The Balaban J connectivity index is 2.28. The van der Waals surface area contributed by atoms with E-state index in [0.717, 1.165) is 43.8 Å². The van der Waals surface area contributed by atoms with Crippen molar-refractivity contribution in [2.45, 2.75) is 163 Å². The Labute approximate surface area is 299 Å². The molecule has 0 fully saturated rings. The molecule has 4 heteroatoms. The van der Waals surface area contributed by atoms with E-state index in [9.17, 15) is 14.7 Å². The van der Waals surface area contributed by atoms with Crippen molar-refractivity contribution in [1.29, 1.82) is 0 Å². The molecular weight excluding hydrogens is 619 g/mol. The van der Waals surface area contributed by atoms with E-state index in [0.29, 0.717) is 0 Å². The fraction of sp³-hybridized carbons (Fsp3) is 0.556. The van der Waals surface area contributed by atoms with Crippen LogP contribution in [0.4, 0.5) is 0 Å². The summed E-state index contributed by atoms with van der Waals surface area (Å²) in [5.41, 5.74) is 6.56. The first-order valence-corrected chi connectivity index (χ1v) is 20.1. The molecule has 4 aromatic carbocycles. The van der Waals surface area contributed by atoms with Crippen LogP contribution in [0.15, 0.2) is 48.5 Å². The van der Waals surface area contributed by atoms with E-state index in [2.05, 4.69) is 173 Å². The summed E-state index contributed by atoms with van der Waals surface area (Å²) in [4.78, 5) is 35.2. The molecule has 0 aliphatic rings. The predicted molar refractivity (Wildman–Crippen MR) is 217 cm³/mol. The van der Waals surface area contributed by atoms with Crippen LogP contribution in [0.2, 0.25) is 0 Å². The topological polar surface area (TPSA) is 60.7 Å². The van der Waals surface area contributed by atoms with Crippen LogP contribution < -0.4 is 0 Å². The molecule has 0 saturated heterocycles.